The molecule has 2 aromatic rings. The van der Waals surface area contributed by atoms with Crippen molar-refractivity contribution < 1.29 is 14.2 Å². The molecule has 0 heterocycles. The number of halogens is 1. The van der Waals surface area contributed by atoms with Crippen LogP contribution in [0.25, 0.3) is 0 Å². The lowest BCUT2D eigenvalue weighted by Crippen LogP contribution is -2.30. The Labute approximate surface area is 184 Å². The Morgan fingerprint density at radius 1 is 1.00 bits per heavy atom. The topological polar surface area (TPSA) is 64.1 Å². The molecule has 7 heteroatoms. The van der Waals surface area contributed by atoms with E-state index in [9.17, 15) is 0 Å². The second-order valence-corrected chi connectivity index (χ2v) is 5.98. The van der Waals surface area contributed by atoms with Crippen LogP contribution in [-0.4, -0.2) is 33.3 Å². The highest BCUT2D eigenvalue weighted by Crippen LogP contribution is 2.30. The molecule has 0 unspecified atom stereocenters. The Bertz CT molecular complexity index is 781. The lowest BCUT2D eigenvalue weighted by molar-refractivity contribution is 0.311. The Hall–Kier alpha value is -2.16. The molecule has 0 aliphatic carbocycles. The molecule has 0 saturated heterocycles. The monoisotopic (exact) mass is 499 g/mol. The van der Waals surface area contributed by atoms with E-state index in [2.05, 4.69) is 21.7 Å². The van der Waals surface area contributed by atoms with E-state index in [1.807, 2.05) is 51.1 Å². The molecule has 0 bridgehead atoms. The summed E-state index contributed by atoms with van der Waals surface area (Å²) in [6, 6.07) is 11.8. The zero-order chi connectivity index (χ0) is 19.6. The van der Waals surface area contributed by atoms with Gasteiger partial charge in [-0.2, -0.15) is 0 Å². The number of hydrogen-bond donors (Lipinski definition) is 2. The maximum atomic E-state index is 5.64. The first-order valence-corrected chi connectivity index (χ1v) is 9.10. The molecule has 0 aromatic heterocycles. The van der Waals surface area contributed by atoms with E-state index in [1.165, 1.54) is 0 Å². The molecule has 0 aliphatic rings. The van der Waals surface area contributed by atoms with Crippen LogP contribution in [0.5, 0.6) is 17.2 Å². The number of ether oxygens (including phenoxy) is 3. The number of nitrogens with zero attached hydrogens (tertiary/aromatic N) is 1. The highest BCUT2D eigenvalue weighted by atomic mass is 127. The largest absolute Gasteiger partial charge is 0.497 e. The molecule has 2 aromatic carbocycles. The summed E-state index contributed by atoms with van der Waals surface area (Å²) in [5, 5.41) is 6.58. The second-order valence-electron chi connectivity index (χ2n) is 5.98. The normalized spacial score (nSPS) is 10.7. The third-order valence-electron chi connectivity index (χ3n) is 3.84. The summed E-state index contributed by atoms with van der Waals surface area (Å²) in [6.45, 7) is 7.90. The summed E-state index contributed by atoms with van der Waals surface area (Å²) in [7, 11) is 3.31. The van der Waals surface area contributed by atoms with Crippen LogP contribution in [0.3, 0.4) is 0 Å². The summed E-state index contributed by atoms with van der Waals surface area (Å²) in [5.41, 5.74) is 3.11. The average molecular weight is 499 g/mol. The summed E-state index contributed by atoms with van der Waals surface area (Å²) >= 11 is 0. The third kappa shape index (κ3) is 7.10. The summed E-state index contributed by atoms with van der Waals surface area (Å²) < 4.78 is 16.3. The molecule has 0 amide bonds. The highest BCUT2D eigenvalue weighted by Gasteiger charge is 2.07. The minimum atomic E-state index is 0. The van der Waals surface area contributed by atoms with Gasteiger partial charge in [0.25, 0.3) is 0 Å². The number of aliphatic imine (C=N–C) groups is 1. The van der Waals surface area contributed by atoms with Gasteiger partial charge in [-0.05, 0) is 56.2 Å². The van der Waals surface area contributed by atoms with Crippen LogP contribution in [0, 0.1) is 6.92 Å². The molecule has 0 radical (unpaired) electrons. The molecule has 2 rings (SSSR count). The number of nitrogens with one attached hydrogen (secondary N) is 2. The second kappa shape index (κ2) is 12.3. The Kier molecular flexibility index (Phi) is 10.5. The van der Waals surface area contributed by atoms with Gasteiger partial charge in [-0.3, -0.25) is 0 Å². The molecule has 0 spiro atoms. The van der Waals surface area contributed by atoms with E-state index in [0.717, 1.165) is 29.1 Å². The van der Waals surface area contributed by atoms with Gasteiger partial charge in [-0.15, -0.1) is 24.0 Å². The van der Waals surface area contributed by atoms with Crippen molar-refractivity contribution >= 4 is 35.6 Å². The van der Waals surface area contributed by atoms with Gasteiger partial charge in [0.1, 0.15) is 5.75 Å². The smallest absolute Gasteiger partial charge is 0.196 e. The van der Waals surface area contributed by atoms with Gasteiger partial charge in [0.2, 0.25) is 0 Å². The van der Waals surface area contributed by atoms with Crippen molar-refractivity contribution in [1.82, 2.24) is 5.32 Å². The van der Waals surface area contributed by atoms with Gasteiger partial charge >= 0.3 is 0 Å². The maximum Gasteiger partial charge on any atom is 0.196 e. The third-order valence-corrected chi connectivity index (χ3v) is 3.84. The van der Waals surface area contributed by atoms with Crippen LogP contribution < -0.4 is 24.8 Å². The van der Waals surface area contributed by atoms with Crippen LogP contribution in [0.4, 0.5) is 5.69 Å². The number of anilines is 1. The number of methoxy groups -OCH3 is 2. The van der Waals surface area contributed by atoms with Crippen molar-refractivity contribution in [3.63, 3.8) is 0 Å². The van der Waals surface area contributed by atoms with Gasteiger partial charge in [-0.25, -0.2) is 4.99 Å². The van der Waals surface area contributed by atoms with Crippen molar-refractivity contribution in [1.29, 1.82) is 0 Å². The molecule has 2 N–H and O–H groups in total. The SMILES string of the molecule is CCNC(=NCc1cc(C)cc(OC)c1)Nc1ccc(OC)c(OCC)c1.I. The molecule has 154 valence electrons. The van der Waals surface area contributed by atoms with Gasteiger partial charge < -0.3 is 24.8 Å². The summed E-state index contributed by atoms with van der Waals surface area (Å²) in [6.07, 6.45) is 0. The van der Waals surface area contributed by atoms with Crippen LogP contribution in [-0.2, 0) is 6.54 Å². The first-order valence-electron chi connectivity index (χ1n) is 9.10. The predicted molar refractivity (Wildman–Crippen MR) is 126 cm³/mol. The van der Waals surface area contributed by atoms with Crippen LogP contribution in [0.15, 0.2) is 41.4 Å². The van der Waals surface area contributed by atoms with Crippen molar-refractivity contribution in [2.24, 2.45) is 4.99 Å². The zero-order valence-corrected chi connectivity index (χ0v) is 19.5. The fraction of sp³-hybridized carbons (Fsp3) is 0.381. The molecule has 0 saturated carbocycles. The fourth-order valence-corrected chi connectivity index (χ4v) is 2.67. The standard InChI is InChI=1S/C21H29N3O3.HI/c1-6-22-21(23-14-16-10-15(3)11-18(12-16)25-4)24-17-8-9-19(26-5)20(13-17)27-7-2;/h8-13H,6-7,14H2,1-5H3,(H2,22,23,24);1H. The highest BCUT2D eigenvalue weighted by molar-refractivity contribution is 14.0. The molecule has 0 fully saturated rings. The quantitative estimate of drug-likeness (QED) is 0.316. The van der Waals surface area contributed by atoms with E-state index in [4.69, 9.17) is 14.2 Å². The minimum Gasteiger partial charge on any atom is -0.497 e. The van der Waals surface area contributed by atoms with E-state index in [0.29, 0.717) is 30.6 Å². The van der Waals surface area contributed by atoms with E-state index in [-0.39, 0.29) is 24.0 Å². The molecule has 0 atom stereocenters. The lowest BCUT2D eigenvalue weighted by Gasteiger charge is -2.14. The van der Waals surface area contributed by atoms with E-state index < -0.39 is 0 Å². The van der Waals surface area contributed by atoms with Crippen molar-refractivity contribution in [2.75, 3.05) is 32.7 Å². The molecule has 6 nitrogen and oxygen atoms in total. The molecule has 28 heavy (non-hydrogen) atoms. The van der Waals surface area contributed by atoms with E-state index >= 15 is 0 Å². The van der Waals surface area contributed by atoms with Crippen LogP contribution in [0.1, 0.15) is 25.0 Å². The Balaban J connectivity index is 0.00000392. The zero-order valence-electron chi connectivity index (χ0n) is 17.2. The maximum absolute atomic E-state index is 5.64. The van der Waals surface area contributed by atoms with Crippen LogP contribution in [0.2, 0.25) is 0 Å². The van der Waals surface area contributed by atoms with Gasteiger partial charge in [-0.1, -0.05) is 6.07 Å². The fourth-order valence-electron chi connectivity index (χ4n) is 2.67. The van der Waals surface area contributed by atoms with Crippen LogP contribution >= 0.6 is 24.0 Å². The molecular weight excluding hydrogens is 469 g/mol. The van der Waals surface area contributed by atoms with Crippen molar-refractivity contribution in [3.05, 3.63) is 47.5 Å². The van der Waals surface area contributed by atoms with E-state index in [1.54, 1.807) is 14.2 Å². The van der Waals surface area contributed by atoms with Gasteiger partial charge in [0.05, 0.1) is 27.4 Å². The number of aryl methyl sites for hydroxylation is 1. The van der Waals surface area contributed by atoms with Gasteiger partial charge in [0, 0.05) is 18.3 Å². The number of guanidine groups is 1. The van der Waals surface area contributed by atoms with Gasteiger partial charge in [0.15, 0.2) is 17.5 Å². The lowest BCUT2D eigenvalue weighted by atomic mass is 10.1. The first kappa shape index (κ1) is 23.9. The average Bonchev–Trinajstić information content (AvgIpc) is 2.66. The number of benzene rings is 2. The minimum absolute atomic E-state index is 0. The van der Waals surface area contributed by atoms with Crippen molar-refractivity contribution in [2.45, 2.75) is 27.3 Å². The molecule has 0 aliphatic heterocycles. The van der Waals surface area contributed by atoms with Crippen molar-refractivity contribution in [3.8, 4) is 17.2 Å². The Morgan fingerprint density at radius 3 is 2.43 bits per heavy atom. The number of hydrogen-bond acceptors (Lipinski definition) is 4. The summed E-state index contributed by atoms with van der Waals surface area (Å²) in [5.74, 6) is 2.95. The first-order chi connectivity index (χ1) is 13.1. The predicted octanol–water partition coefficient (Wildman–Crippen LogP) is 4.61. The summed E-state index contributed by atoms with van der Waals surface area (Å²) in [4.78, 5) is 4.68. The number of rotatable bonds is 8. The Morgan fingerprint density at radius 2 is 1.79 bits per heavy atom. The molecular formula is C21H30IN3O3.